The van der Waals surface area contributed by atoms with Crippen LogP contribution >= 0.6 is 0 Å². The zero-order valence-corrected chi connectivity index (χ0v) is 13.7. The van der Waals surface area contributed by atoms with Crippen LogP contribution in [0.25, 0.3) is 11.2 Å². The quantitative estimate of drug-likeness (QED) is 0.744. The Hall–Kier alpha value is -3.03. The van der Waals surface area contributed by atoms with Gasteiger partial charge in [-0.05, 0) is 30.5 Å². The van der Waals surface area contributed by atoms with E-state index in [-0.39, 0.29) is 11.8 Å². The zero-order chi connectivity index (χ0) is 17.1. The van der Waals surface area contributed by atoms with Crippen LogP contribution in [0.3, 0.4) is 0 Å². The molecule has 0 unspecified atom stereocenters. The molecule has 1 atom stereocenters. The highest BCUT2D eigenvalue weighted by atomic mass is 16.1. The second-order valence-corrected chi connectivity index (χ2v) is 6.16. The van der Waals surface area contributed by atoms with E-state index in [9.17, 15) is 4.79 Å². The normalized spacial score (nSPS) is 17.6. The third-order valence-corrected chi connectivity index (χ3v) is 4.51. The first-order valence-corrected chi connectivity index (χ1v) is 8.37. The number of amides is 1. The molecule has 1 fully saturated rings. The lowest BCUT2D eigenvalue weighted by atomic mass is 9.97. The Morgan fingerprint density at radius 2 is 2.16 bits per heavy atom. The van der Waals surface area contributed by atoms with Gasteiger partial charge in [0, 0.05) is 32.0 Å². The van der Waals surface area contributed by atoms with Gasteiger partial charge in [0.05, 0.1) is 12.2 Å². The average Bonchev–Trinajstić information content (AvgIpc) is 3.16. The maximum atomic E-state index is 12.6. The maximum absolute atomic E-state index is 12.6. The number of nitrogens with zero attached hydrogens (tertiary/aromatic N) is 5. The Kier molecular flexibility index (Phi) is 4.24. The van der Waals surface area contributed by atoms with Crippen molar-refractivity contribution in [3.05, 3.63) is 42.7 Å². The van der Waals surface area contributed by atoms with E-state index in [2.05, 4.69) is 35.1 Å². The summed E-state index contributed by atoms with van der Waals surface area (Å²) >= 11 is 0. The van der Waals surface area contributed by atoms with Crippen LogP contribution in [0.5, 0.6) is 0 Å². The number of pyridine rings is 1. The summed E-state index contributed by atoms with van der Waals surface area (Å²) in [5.41, 5.74) is 2.51. The second-order valence-electron chi connectivity index (χ2n) is 6.16. The van der Waals surface area contributed by atoms with E-state index in [0.717, 1.165) is 36.3 Å². The summed E-state index contributed by atoms with van der Waals surface area (Å²) in [6.45, 7) is 2.04. The molecule has 8 nitrogen and oxygen atoms in total. The van der Waals surface area contributed by atoms with Crippen LogP contribution in [0, 0.1) is 5.92 Å². The number of H-pyrrole nitrogens is 1. The van der Waals surface area contributed by atoms with E-state index in [0.29, 0.717) is 18.7 Å². The highest BCUT2D eigenvalue weighted by molar-refractivity contribution is 5.84. The Morgan fingerprint density at radius 3 is 3.04 bits per heavy atom. The van der Waals surface area contributed by atoms with Crippen molar-refractivity contribution >= 4 is 22.9 Å². The van der Waals surface area contributed by atoms with Gasteiger partial charge in [-0.15, -0.1) is 0 Å². The van der Waals surface area contributed by atoms with Crippen molar-refractivity contribution in [3.8, 4) is 0 Å². The molecule has 4 rings (SSSR count). The second kappa shape index (κ2) is 6.84. The monoisotopic (exact) mass is 337 g/mol. The molecule has 0 saturated carbocycles. The molecular formula is C17H19N7O. The first-order valence-electron chi connectivity index (χ1n) is 8.37. The van der Waals surface area contributed by atoms with Crippen molar-refractivity contribution < 1.29 is 4.79 Å². The number of anilines is 1. The number of carbonyl (C=O) groups is 1. The van der Waals surface area contributed by atoms with Crippen LogP contribution in [0.1, 0.15) is 18.4 Å². The zero-order valence-electron chi connectivity index (χ0n) is 13.7. The fourth-order valence-corrected chi connectivity index (χ4v) is 3.21. The van der Waals surface area contributed by atoms with Gasteiger partial charge in [-0.2, -0.15) is 0 Å². The molecule has 8 heteroatoms. The summed E-state index contributed by atoms with van der Waals surface area (Å²) in [5, 5.41) is 3.03. The highest BCUT2D eigenvalue weighted by Crippen LogP contribution is 2.25. The Morgan fingerprint density at radius 1 is 1.28 bits per heavy atom. The topological polar surface area (TPSA) is 99.7 Å². The number of fused-ring (bicyclic) bond motifs is 1. The molecule has 25 heavy (non-hydrogen) atoms. The number of rotatable bonds is 4. The number of carbonyl (C=O) groups excluding carboxylic acids is 1. The summed E-state index contributed by atoms with van der Waals surface area (Å²) < 4.78 is 0. The van der Waals surface area contributed by atoms with Gasteiger partial charge in [0.2, 0.25) is 5.91 Å². The lowest BCUT2D eigenvalue weighted by Crippen LogP contribution is -2.43. The molecule has 0 radical (unpaired) electrons. The minimum Gasteiger partial charge on any atom is -0.354 e. The fraction of sp³-hybridized carbons (Fsp3) is 0.353. The molecule has 3 aromatic heterocycles. The summed E-state index contributed by atoms with van der Waals surface area (Å²) in [6.07, 6.45) is 8.43. The average molecular weight is 337 g/mol. The van der Waals surface area contributed by atoms with Crippen molar-refractivity contribution in [2.24, 2.45) is 5.92 Å². The van der Waals surface area contributed by atoms with Crippen molar-refractivity contribution in [3.63, 3.8) is 0 Å². The number of hydrogen-bond acceptors (Lipinski definition) is 6. The Bertz CT molecular complexity index is 864. The SMILES string of the molecule is O=C(NCc1ccncc1)[C@H]1CCCN(c2ncnc3nc[nH]c23)C1. The van der Waals surface area contributed by atoms with E-state index in [1.165, 1.54) is 6.33 Å². The molecule has 1 amide bonds. The molecule has 2 N–H and O–H groups in total. The van der Waals surface area contributed by atoms with Crippen LogP contribution in [0.2, 0.25) is 0 Å². The fourth-order valence-electron chi connectivity index (χ4n) is 3.21. The van der Waals surface area contributed by atoms with Gasteiger partial charge >= 0.3 is 0 Å². The molecular weight excluding hydrogens is 318 g/mol. The summed E-state index contributed by atoms with van der Waals surface area (Å²) in [5.74, 6) is 0.842. The van der Waals surface area contributed by atoms with Gasteiger partial charge < -0.3 is 15.2 Å². The first kappa shape index (κ1) is 15.5. The van der Waals surface area contributed by atoms with Gasteiger partial charge in [0.1, 0.15) is 11.8 Å². The number of hydrogen-bond donors (Lipinski definition) is 2. The third kappa shape index (κ3) is 3.28. The summed E-state index contributed by atoms with van der Waals surface area (Å²) in [6, 6.07) is 3.81. The molecule has 0 spiro atoms. The summed E-state index contributed by atoms with van der Waals surface area (Å²) in [7, 11) is 0. The van der Waals surface area contributed by atoms with Gasteiger partial charge in [-0.25, -0.2) is 15.0 Å². The van der Waals surface area contributed by atoms with E-state index >= 15 is 0 Å². The summed E-state index contributed by atoms with van der Waals surface area (Å²) in [4.78, 5) is 34.5. The Balaban J connectivity index is 1.44. The molecule has 3 aromatic rings. The van der Waals surface area contributed by atoms with Crippen molar-refractivity contribution in [1.82, 2.24) is 30.2 Å². The van der Waals surface area contributed by atoms with Gasteiger partial charge in [-0.3, -0.25) is 9.78 Å². The van der Waals surface area contributed by atoms with Crippen LogP contribution in [-0.4, -0.2) is 43.9 Å². The van der Waals surface area contributed by atoms with Crippen molar-refractivity contribution in [1.29, 1.82) is 0 Å². The predicted molar refractivity (Wildman–Crippen MR) is 92.7 cm³/mol. The van der Waals surface area contributed by atoms with E-state index < -0.39 is 0 Å². The molecule has 1 aliphatic rings. The van der Waals surface area contributed by atoms with E-state index in [1.807, 2.05) is 12.1 Å². The minimum atomic E-state index is -0.0523. The standard InChI is InChI=1S/C17H19N7O/c25-17(19-8-12-3-5-18-6-4-12)13-2-1-7-24(9-13)16-14-15(21-10-20-14)22-11-23-16/h3-6,10-11,13H,1-2,7-9H2,(H,19,25)(H,20,21,22,23)/t13-/m0/s1. The molecule has 0 aliphatic carbocycles. The molecule has 128 valence electrons. The number of piperidine rings is 1. The molecule has 0 aromatic carbocycles. The smallest absolute Gasteiger partial charge is 0.225 e. The van der Waals surface area contributed by atoms with Gasteiger partial charge in [-0.1, -0.05) is 0 Å². The number of nitrogens with one attached hydrogen (secondary N) is 2. The number of aromatic amines is 1. The van der Waals surface area contributed by atoms with Gasteiger partial charge in [0.15, 0.2) is 11.5 Å². The first-order chi connectivity index (χ1) is 12.3. The lowest BCUT2D eigenvalue weighted by molar-refractivity contribution is -0.125. The molecule has 0 bridgehead atoms. The Labute approximate surface area is 144 Å². The highest BCUT2D eigenvalue weighted by Gasteiger charge is 2.27. The van der Waals surface area contributed by atoms with Gasteiger partial charge in [0.25, 0.3) is 0 Å². The van der Waals surface area contributed by atoms with E-state index in [4.69, 9.17) is 0 Å². The predicted octanol–water partition coefficient (Wildman–Crippen LogP) is 1.28. The van der Waals surface area contributed by atoms with Crippen LogP contribution in [0.15, 0.2) is 37.2 Å². The molecule has 1 aliphatic heterocycles. The van der Waals surface area contributed by atoms with Crippen molar-refractivity contribution in [2.75, 3.05) is 18.0 Å². The minimum absolute atomic E-state index is 0.0523. The van der Waals surface area contributed by atoms with Crippen LogP contribution in [0.4, 0.5) is 5.82 Å². The van der Waals surface area contributed by atoms with Crippen LogP contribution < -0.4 is 10.2 Å². The van der Waals surface area contributed by atoms with E-state index in [1.54, 1.807) is 18.7 Å². The lowest BCUT2D eigenvalue weighted by Gasteiger charge is -2.32. The number of imidazole rings is 1. The molecule has 1 saturated heterocycles. The van der Waals surface area contributed by atoms with Crippen molar-refractivity contribution in [2.45, 2.75) is 19.4 Å². The third-order valence-electron chi connectivity index (χ3n) is 4.51. The largest absolute Gasteiger partial charge is 0.354 e. The number of aromatic nitrogens is 5. The van der Waals surface area contributed by atoms with Crippen LogP contribution in [-0.2, 0) is 11.3 Å². The maximum Gasteiger partial charge on any atom is 0.225 e. The molecule has 4 heterocycles.